The van der Waals surface area contributed by atoms with Crippen LogP contribution in [0.2, 0.25) is 0 Å². The number of rotatable bonds is 1. The Hall–Kier alpha value is -3.13. The normalized spacial score (nSPS) is 9.80. The van der Waals surface area contributed by atoms with Crippen LogP contribution in [0.15, 0.2) is 59.3 Å². The van der Waals surface area contributed by atoms with Crippen molar-refractivity contribution in [3.05, 3.63) is 66.1 Å². The molecule has 0 unspecified atom stereocenters. The van der Waals surface area contributed by atoms with Gasteiger partial charge in [0.25, 0.3) is 0 Å². The molecule has 2 aromatic heterocycles. The molecule has 0 aliphatic rings. The first-order valence-corrected chi connectivity index (χ1v) is 5.92. The Balaban J connectivity index is 2.03. The van der Waals surface area contributed by atoms with E-state index in [2.05, 4.69) is 26.6 Å². The predicted octanol–water partition coefficient (Wildman–Crippen LogP) is 0.820. The summed E-state index contributed by atoms with van der Waals surface area (Å²) >= 11 is 0. The van der Waals surface area contributed by atoms with E-state index in [9.17, 15) is 5.11 Å². The topological polar surface area (TPSA) is 65.9 Å². The van der Waals surface area contributed by atoms with E-state index in [4.69, 9.17) is 0 Å². The smallest absolute Gasteiger partial charge is 0.314 e. The SMILES string of the molecule is [O-]c1on[n+](-c2ccccc2)c1C#Cc1ccccn1. The molecule has 0 aliphatic heterocycles. The van der Waals surface area contributed by atoms with E-state index in [0.717, 1.165) is 0 Å². The zero-order valence-corrected chi connectivity index (χ0v) is 10.4. The van der Waals surface area contributed by atoms with Gasteiger partial charge in [-0.25, -0.2) is 4.98 Å². The number of benzene rings is 1. The predicted molar refractivity (Wildman–Crippen MR) is 67.7 cm³/mol. The standard InChI is InChI=1S/C15H9N3O2/c19-15-14(10-9-12-6-4-5-11-16-12)18(17-20-15)13-7-2-1-3-8-13/h1-8,11H. The lowest BCUT2D eigenvalue weighted by molar-refractivity contribution is -0.672. The average molecular weight is 263 g/mol. The molecule has 5 nitrogen and oxygen atoms in total. The second-order valence-corrected chi connectivity index (χ2v) is 3.92. The van der Waals surface area contributed by atoms with E-state index >= 15 is 0 Å². The zero-order chi connectivity index (χ0) is 13.8. The lowest BCUT2D eigenvalue weighted by atomic mass is 10.3. The van der Waals surface area contributed by atoms with Crippen LogP contribution < -0.4 is 9.79 Å². The van der Waals surface area contributed by atoms with Gasteiger partial charge in [0.05, 0.1) is 5.27 Å². The van der Waals surface area contributed by atoms with Crippen LogP contribution in [-0.2, 0) is 0 Å². The van der Waals surface area contributed by atoms with Crippen molar-refractivity contribution in [2.75, 3.05) is 0 Å². The third kappa shape index (κ3) is 2.35. The molecule has 0 aliphatic carbocycles. The van der Waals surface area contributed by atoms with Crippen LogP contribution in [0.1, 0.15) is 11.4 Å². The van der Waals surface area contributed by atoms with Gasteiger partial charge in [-0.3, -0.25) is 0 Å². The molecular formula is C15H9N3O2. The van der Waals surface area contributed by atoms with E-state index in [1.54, 1.807) is 18.3 Å². The molecule has 0 amide bonds. The minimum Gasteiger partial charge on any atom is -0.538 e. The summed E-state index contributed by atoms with van der Waals surface area (Å²) in [6.45, 7) is 0. The highest BCUT2D eigenvalue weighted by Gasteiger charge is 2.17. The van der Waals surface area contributed by atoms with Crippen molar-refractivity contribution >= 4 is 0 Å². The van der Waals surface area contributed by atoms with Crippen LogP contribution in [0.5, 0.6) is 5.95 Å². The van der Waals surface area contributed by atoms with Crippen LogP contribution in [0.4, 0.5) is 0 Å². The Morgan fingerprint density at radius 1 is 1.00 bits per heavy atom. The maximum atomic E-state index is 11.7. The van der Waals surface area contributed by atoms with Crippen molar-refractivity contribution in [3.8, 4) is 23.5 Å². The van der Waals surface area contributed by atoms with Gasteiger partial charge in [-0.15, -0.1) is 0 Å². The van der Waals surface area contributed by atoms with Gasteiger partial charge in [0.15, 0.2) is 5.95 Å². The molecule has 3 rings (SSSR count). The Morgan fingerprint density at radius 2 is 1.80 bits per heavy atom. The van der Waals surface area contributed by atoms with Gasteiger partial charge < -0.3 is 9.63 Å². The van der Waals surface area contributed by atoms with Crippen molar-refractivity contribution < 1.29 is 14.3 Å². The molecule has 0 saturated heterocycles. The number of pyridine rings is 1. The number of para-hydroxylation sites is 1. The molecule has 0 radical (unpaired) electrons. The molecule has 96 valence electrons. The van der Waals surface area contributed by atoms with E-state index in [1.807, 2.05) is 36.4 Å². The maximum absolute atomic E-state index is 11.7. The van der Waals surface area contributed by atoms with Crippen LogP contribution >= 0.6 is 0 Å². The summed E-state index contributed by atoms with van der Waals surface area (Å²) < 4.78 is 6.05. The first-order chi connectivity index (χ1) is 9.84. The molecule has 1 aromatic carbocycles. The monoisotopic (exact) mass is 263 g/mol. The Morgan fingerprint density at radius 3 is 2.55 bits per heavy atom. The molecule has 0 spiro atoms. The van der Waals surface area contributed by atoms with Crippen LogP contribution in [-0.4, -0.2) is 10.3 Å². The van der Waals surface area contributed by atoms with Gasteiger partial charge in [-0.2, -0.15) is 0 Å². The maximum Gasteiger partial charge on any atom is 0.314 e. The largest absolute Gasteiger partial charge is 0.538 e. The highest BCUT2D eigenvalue weighted by Crippen LogP contribution is 2.08. The first kappa shape index (κ1) is 11.9. The average Bonchev–Trinajstić information content (AvgIpc) is 2.88. The lowest BCUT2D eigenvalue weighted by Gasteiger charge is -1.90. The fraction of sp³-hybridized carbons (Fsp3) is 0. The number of hydrogen-bond acceptors (Lipinski definition) is 4. The number of aromatic nitrogens is 3. The summed E-state index contributed by atoms with van der Waals surface area (Å²) in [5.41, 5.74) is 1.46. The minimum atomic E-state index is -0.572. The van der Waals surface area contributed by atoms with Crippen molar-refractivity contribution in [1.29, 1.82) is 0 Å². The Kier molecular flexibility index (Phi) is 3.13. The van der Waals surface area contributed by atoms with Gasteiger partial charge in [0.2, 0.25) is 5.69 Å². The van der Waals surface area contributed by atoms with Crippen LogP contribution in [0.25, 0.3) is 5.69 Å². The molecule has 5 heteroatoms. The molecule has 0 N–H and O–H groups in total. The summed E-state index contributed by atoms with van der Waals surface area (Å²) in [7, 11) is 0. The molecule has 0 atom stereocenters. The second kappa shape index (κ2) is 5.24. The van der Waals surface area contributed by atoms with Crippen molar-refractivity contribution in [2.24, 2.45) is 0 Å². The third-order valence-electron chi connectivity index (χ3n) is 2.59. The highest BCUT2D eigenvalue weighted by molar-refractivity contribution is 5.37. The highest BCUT2D eigenvalue weighted by atomic mass is 16.6. The van der Waals surface area contributed by atoms with Crippen molar-refractivity contribution in [3.63, 3.8) is 0 Å². The second-order valence-electron chi connectivity index (χ2n) is 3.92. The van der Waals surface area contributed by atoms with Crippen molar-refractivity contribution in [2.45, 2.75) is 0 Å². The molecule has 0 bridgehead atoms. The van der Waals surface area contributed by atoms with Crippen LogP contribution in [0, 0.1) is 11.8 Å². The van der Waals surface area contributed by atoms with Crippen molar-refractivity contribution in [1.82, 2.24) is 10.3 Å². The summed E-state index contributed by atoms with van der Waals surface area (Å²) in [6, 6.07) is 14.6. The van der Waals surface area contributed by atoms with Gasteiger partial charge in [-0.05, 0) is 22.7 Å². The van der Waals surface area contributed by atoms with E-state index in [0.29, 0.717) is 11.4 Å². The van der Waals surface area contributed by atoms with E-state index < -0.39 is 5.95 Å². The fourth-order valence-corrected chi connectivity index (χ4v) is 1.66. The van der Waals surface area contributed by atoms with Gasteiger partial charge >= 0.3 is 5.69 Å². The fourth-order valence-electron chi connectivity index (χ4n) is 1.66. The first-order valence-electron chi connectivity index (χ1n) is 5.92. The summed E-state index contributed by atoms with van der Waals surface area (Å²) in [6.07, 6.45) is 1.64. The molecular weight excluding hydrogens is 254 g/mol. The summed E-state index contributed by atoms with van der Waals surface area (Å²) in [5, 5.41) is 15.4. The number of nitrogens with zero attached hydrogens (tertiary/aromatic N) is 3. The van der Waals surface area contributed by atoms with E-state index in [1.165, 1.54) is 4.68 Å². The zero-order valence-electron chi connectivity index (χ0n) is 10.4. The summed E-state index contributed by atoms with van der Waals surface area (Å²) in [4.78, 5) is 4.07. The molecule has 0 fully saturated rings. The third-order valence-corrected chi connectivity index (χ3v) is 2.59. The molecule has 3 aromatic rings. The van der Waals surface area contributed by atoms with Gasteiger partial charge in [0, 0.05) is 24.3 Å². The molecule has 20 heavy (non-hydrogen) atoms. The Bertz CT molecular complexity index is 771. The number of hydrogen-bond donors (Lipinski definition) is 0. The lowest BCUT2D eigenvalue weighted by Crippen LogP contribution is -2.35. The minimum absolute atomic E-state index is 0.168. The van der Waals surface area contributed by atoms with Gasteiger partial charge in [0.1, 0.15) is 5.69 Å². The van der Waals surface area contributed by atoms with Gasteiger partial charge in [-0.1, -0.05) is 24.3 Å². The van der Waals surface area contributed by atoms with Crippen LogP contribution in [0.3, 0.4) is 0 Å². The van der Waals surface area contributed by atoms with E-state index in [-0.39, 0.29) is 5.69 Å². The summed E-state index contributed by atoms with van der Waals surface area (Å²) in [5.74, 6) is 5.00. The quantitative estimate of drug-likeness (QED) is 0.481. The Labute approximate surface area is 115 Å². The molecule has 0 saturated carbocycles. The molecule has 2 heterocycles.